The summed E-state index contributed by atoms with van der Waals surface area (Å²) in [5.74, 6) is 0. The highest BCUT2D eigenvalue weighted by Gasteiger charge is 2.12. The molecule has 3 heteroatoms. The van der Waals surface area contributed by atoms with Gasteiger partial charge in [0.15, 0.2) is 0 Å². The first-order chi connectivity index (χ1) is 6.83. The Morgan fingerprint density at radius 3 is 3.00 bits per heavy atom. The fourth-order valence-electron chi connectivity index (χ4n) is 1.72. The second kappa shape index (κ2) is 7.21. The highest BCUT2D eigenvalue weighted by atomic mass is 16.5. The minimum Gasteiger partial charge on any atom is -0.377 e. The van der Waals surface area contributed by atoms with E-state index in [9.17, 15) is 0 Å². The molecule has 0 amide bonds. The van der Waals surface area contributed by atoms with Crippen LogP contribution in [-0.4, -0.2) is 31.8 Å². The lowest BCUT2D eigenvalue weighted by molar-refractivity contribution is 0.0170. The minimum atomic E-state index is 0.356. The van der Waals surface area contributed by atoms with Crippen LogP contribution in [0.25, 0.3) is 0 Å². The molecule has 1 fully saturated rings. The van der Waals surface area contributed by atoms with Gasteiger partial charge in [0.2, 0.25) is 0 Å². The van der Waals surface area contributed by atoms with Crippen molar-refractivity contribution in [2.45, 2.75) is 51.2 Å². The van der Waals surface area contributed by atoms with Crippen LogP contribution >= 0.6 is 0 Å². The van der Waals surface area contributed by atoms with E-state index in [1.54, 1.807) is 0 Å². The molecular weight excluding hydrogens is 176 g/mol. The van der Waals surface area contributed by atoms with Gasteiger partial charge < -0.3 is 15.8 Å². The normalized spacial score (nSPS) is 24.9. The van der Waals surface area contributed by atoms with E-state index in [1.807, 2.05) is 0 Å². The van der Waals surface area contributed by atoms with Crippen LogP contribution in [0.3, 0.4) is 0 Å². The molecule has 0 bridgehead atoms. The summed E-state index contributed by atoms with van der Waals surface area (Å²) >= 11 is 0. The average Bonchev–Trinajstić information content (AvgIpc) is 2.25. The maximum Gasteiger partial charge on any atom is 0.0699 e. The van der Waals surface area contributed by atoms with E-state index in [0.29, 0.717) is 12.1 Å². The molecule has 3 nitrogen and oxygen atoms in total. The molecule has 1 saturated heterocycles. The molecule has 1 rings (SSSR count). The number of ether oxygens (including phenoxy) is 1. The third-order valence-corrected chi connectivity index (χ3v) is 2.86. The van der Waals surface area contributed by atoms with Crippen LogP contribution < -0.4 is 11.1 Å². The van der Waals surface area contributed by atoms with Crippen LogP contribution in [0.5, 0.6) is 0 Å². The standard InChI is InChI=1S/C11H24N2O/c1-2-10(12)6-7-13-9-11-5-3-4-8-14-11/h10-11,13H,2-9,12H2,1H3. The van der Waals surface area contributed by atoms with Crippen molar-refractivity contribution in [3.8, 4) is 0 Å². The molecule has 84 valence electrons. The van der Waals surface area contributed by atoms with Crippen molar-refractivity contribution in [1.82, 2.24) is 5.32 Å². The summed E-state index contributed by atoms with van der Waals surface area (Å²) in [6.07, 6.45) is 6.36. The van der Waals surface area contributed by atoms with Gasteiger partial charge in [0, 0.05) is 19.2 Å². The Hall–Kier alpha value is -0.120. The number of nitrogens with two attached hydrogens (primary N) is 1. The zero-order valence-electron chi connectivity index (χ0n) is 9.30. The third kappa shape index (κ3) is 4.94. The molecule has 0 aromatic carbocycles. The molecule has 0 aromatic rings. The maximum absolute atomic E-state index is 5.82. The van der Waals surface area contributed by atoms with Gasteiger partial charge in [-0.25, -0.2) is 0 Å². The molecule has 2 atom stereocenters. The van der Waals surface area contributed by atoms with E-state index in [2.05, 4.69) is 12.2 Å². The quantitative estimate of drug-likeness (QED) is 0.635. The molecule has 1 heterocycles. The highest BCUT2D eigenvalue weighted by molar-refractivity contribution is 4.67. The van der Waals surface area contributed by atoms with E-state index in [1.165, 1.54) is 19.3 Å². The predicted molar refractivity (Wildman–Crippen MR) is 59.3 cm³/mol. The first-order valence-electron chi connectivity index (χ1n) is 5.90. The van der Waals surface area contributed by atoms with E-state index in [-0.39, 0.29) is 0 Å². The van der Waals surface area contributed by atoms with Crippen LogP contribution in [0.15, 0.2) is 0 Å². The lowest BCUT2D eigenvalue weighted by Crippen LogP contribution is -2.34. The number of nitrogens with one attached hydrogen (secondary N) is 1. The molecule has 0 aromatic heterocycles. The van der Waals surface area contributed by atoms with Gasteiger partial charge in [-0.15, -0.1) is 0 Å². The van der Waals surface area contributed by atoms with Crippen molar-refractivity contribution >= 4 is 0 Å². The van der Waals surface area contributed by atoms with Gasteiger partial charge in [0.05, 0.1) is 6.10 Å². The monoisotopic (exact) mass is 200 g/mol. The molecule has 0 aliphatic carbocycles. The van der Waals surface area contributed by atoms with Crippen molar-refractivity contribution in [1.29, 1.82) is 0 Å². The molecule has 0 saturated carbocycles. The molecule has 2 unspecified atom stereocenters. The van der Waals surface area contributed by atoms with Crippen molar-refractivity contribution in [2.24, 2.45) is 5.73 Å². The largest absolute Gasteiger partial charge is 0.377 e. The van der Waals surface area contributed by atoms with Crippen molar-refractivity contribution in [3.05, 3.63) is 0 Å². The van der Waals surface area contributed by atoms with Gasteiger partial charge in [-0.05, 0) is 38.6 Å². The smallest absolute Gasteiger partial charge is 0.0699 e. The predicted octanol–water partition coefficient (Wildman–Crippen LogP) is 1.27. The topological polar surface area (TPSA) is 47.3 Å². The van der Waals surface area contributed by atoms with E-state index >= 15 is 0 Å². The molecule has 0 spiro atoms. The summed E-state index contributed by atoms with van der Waals surface area (Å²) in [5.41, 5.74) is 5.82. The van der Waals surface area contributed by atoms with Crippen molar-refractivity contribution in [3.63, 3.8) is 0 Å². The molecule has 1 aliphatic heterocycles. The zero-order chi connectivity index (χ0) is 10.2. The zero-order valence-corrected chi connectivity index (χ0v) is 9.30. The van der Waals surface area contributed by atoms with Crippen LogP contribution in [0, 0.1) is 0 Å². The van der Waals surface area contributed by atoms with Gasteiger partial charge in [-0.2, -0.15) is 0 Å². The number of rotatable bonds is 6. The minimum absolute atomic E-state index is 0.356. The molecular formula is C11H24N2O. The second-order valence-electron chi connectivity index (χ2n) is 4.15. The Labute approximate surface area is 87.4 Å². The maximum atomic E-state index is 5.82. The third-order valence-electron chi connectivity index (χ3n) is 2.86. The van der Waals surface area contributed by atoms with E-state index in [4.69, 9.17) is 10.5 Å². The lowest BCUT2D eigenvalue weighted by atomic mass is 10.1. The highest BCUT2D eigenvalue weighted by Crippen LogP contribution is 2.11. The van der Waals surface area contributed by atoms with Gasteiger partial charge in [-0.3, -0.25) is 0 Å². The van der Waals surface area contributed by atoms with Gasteiger partial charge >= 0.3 is 0 Å². The molecule has 0 radical (unpaired) electrons. The van der Waals surface area contributed by atoms with Crippen LogP contribution in [-0.2, 0) is 4.74 Å². The Kier molecular flexibility index (Phi) is 6.15. The Balaban J connectivity index is 1.92. The van der Waals surface area contributed by atoms with E-state index < -0.39 is 0 Å². The first kappa shape index (κ1) is 12.0. The van der Waals surface area contributed by atoms with Crippen molar-refractivity contribution < 1.29 is 4.74 Å². The summed E-state index contributed by atoms with van der Waals surface area (Å²) in [4.78, 5) is 0. The van der Waals surface area contributed by atoms with E-state index in [0.717, 1.165) is 32.5 Å². The van der Waals surface area contributed by atoms with Crippen LogP contribution in [0.1, 0.15) is 39.0 Å². The Morgan fingerprint density at radius 1 is 1.50 bits per heavy atom. The van der Waals surface area contributed by atoms with Crippen LogP contribution in [0.2, 0.25) is 0 Å². The first-order valence-corrected chi connectivity index (χ1v) is 5.90. The number of hydrogen-bond donors (Lipinski definition) is 2. The Bertz CT molecular complexity index is 135. The summed E-state index contributed by atoms with van der Waals surface area (Å²) < 4.78 is 5.62. The summed E-state index contributed by atoms with van der Waals surface area (Å²) in [6, 6.07) is 0.356. The lowest BCUT2D eigenvalue weighted by Gasteiger charge is -2.23. The SMILES string of the molecule is CCC(N)CCNCC1CCCCO1. The molecule has 3 N–H and O–H groups in total. The average molecular weight is 200 g/mol. The van der Waals surface area contributed by atoms with Crippen molar-refractivity contribution in [2.75, 3.05) is 19.7 Å². The number of hydrogen-bond acceptors (Lipinski definition) is 3. The van der Waals surface area contributed by atoms with Gasteiger partial charge in [0.1, 0.15) is 0 Å². The summed E-state index contributed by atoms with van der Waals surface area (Å²) in [6.45, 7) is 5.10. The molecule has 14 heavy (non-hydrogen) atoms. The summed E-state index contributed by atoms with van der Waals surface area (Å²) in [5, 5.41) is 3.42. The fraction of sp³-hybridized carbons (Fsp3) is 1.00. The molecule has 1 aliphatic rings. The Morgan fingerprint density at radius 2 is 2.36 bits per heavy atom. The summed E-state index contributed by atoms with van der Waals surface area (Å²) in [7, 11) is 0. The second-order valence-corrected chi connectivity index (χ2v) is 4.15. The van der Waals surface area contributed by atoms with Crippen LogP contribution in [0.4, 0.5) is 0 Å². The van der Waals surface area contributed by atoms with Gasteiger partial charge in [0.25, 0.3) is 0 Å². The fourth-order valence-corrected chi connectivity index (χ4v) is 1.72. The van der Waals surface area contributed by atoms with Gasteiger partial charge in [-0.1, -0.05) is 6.92 Å².